The number of aromatic nitrogens is 1. The predicted molar refractivity (Wildman–Crippen MR) is 89.9 cm³/mol. The number of benzene rings is 1. The maximum Gasteiger partial charge on any atom is 0.258 e. The topological polar surface area (TPSA) is 83.1 Å². The summed E-state index contributed by atoms with van der Waals surface area (Å²) in [6.07, 6.45) is 2.46. The van der Waals surface area contributed by atoms with Gasteiger partial charge in [-0.2, -0.15) is 0 Å². The Balaban J connectivity index is 1.93. The zero-order valence-corrected chi connectivity index (χ0v) is 13.1. The molecule has 0 spiro atoms. The molecule has 6 nitrogen and oxygen atoms in total. The second kappa shape index (κ2) is 6.08. The summed E-state index contributed by atoms with van der Waals surface area (Å²) < 4.78 is 0. The number of hydrogen-bond donors (Lipinski definition) is 3. The zero-order valence-electron chi connectivity index (χ0n) is 13.1. The first-order chi connectivity index (χ1) is 11.0. The Morgan fingerprint density at radius 1 is 1.17 bits per heavy atom. The van der Waals surface area contributed by atoms with Crippen LogP contribution < -0.4 is 16.0 Å². The summed E-state index contributed by atoms with van der Waals surface area (Å²) >= 11 is 0. The van der Waals surface area contributed by atoms with Gasteiger partial charge in [0.15, 0.2) is 0 Å². The van der Waals surface area contributed by atoms with Gasteiger partial charge < -0.3 is 16.0 Å². The molecule has 1 aromatic heterocycles. The molecule has 3 rings (SSSR count). The highest BCUT2D eigenvalue weighted by Gasteiger charge is 2.22. The second-order valence-corrected chi connectivity index (χ2v) is 5.55. The Hall–Kier alpha value is -2.89. The number of anilines is 3. The number of carbonyl (C=O) groups is 2. The van der Waals surface area contributed by atoms with E-state index in [9.17, 15) is 9.59 Å². The summed E-state index contributed by atoms with van der Waals surface area (Å²) in [5, 5.41) is 8.80. The molecule has 1 aliphatic rings. The highest BCUT2D eigenvalue weighted by molar-refractivity contribution is 6.11. The third kappa shape index (κ3) is 3.15. The van der Waals surface area contributed by atoms with E-state index in [1.807, 2.05) is 19.1 Å². The van der Waals surface area contributed by atoms with E-state index >= 15 is 0 Å². The average Bonchev–Trinajstić information content (AvgIpc) is 2.98. The number of carbonyl (C=O) groups excluding carboxylic acids is 2. The van der Waals surface area contributed by atoms with Crippen LogP contribution in [0.4, 0.5) is 17.2 Å². The molecule has 2 heterocycles. The SMILES string of the molecule is CC(=O)Nc1c(C(=O)Nc2ccc(C)cn2)ccc2c1CCN2. The summed E-state index contributed by atoms with van der Waals surface area (Å²) in [4.78, 5) is 28.3. The molecular weight excluding hydrogens is 292 g/mol. The molecule has 2 aromatic rings. The fourth-order valence-corrected chi connectivity index (χ4v) is 2.63. The van der Waals surface area contributed by atoms with Gasteiger partial charge in [-0.05, 0) is 37.1 Å². The van der Waals surface area contributed by atoms with E-state index in [2.05, 4.69) is 20.9 Å². The van der Waals surface area contributed by atoms with Crippen molar-refractivity contribution in [2.45, 2.75) is 20.3 Å². The molecule has 0 saturated heterocycles. The van der Waals surface area contributed by atoms with Crippen molar-refractivity contribution in [3.63, 3.8) is 0 Å². The van der Waals surface area contributed by atoms with Crippen LogP contribution in [0.3, 0.4) is 0 Å². The maximum absolute atomic E-state index is 12.6. The van der Waals surface area contributed by atoms with Gasteiger partial charge in [-0.25, -0.2) is 4.98 Å². The molecule has 2 amide bonds. The van der Waals surface area contributed by atoms with E-state index in [-0.39, 0.29) is 11.8 Å². The van der Waals surface area contributed by atoms with E-state index in [1.54, 1.807) is 18.3 Å². The second-order valence-electron chi connectivity index (χ2n) is 5.55. The van der Waals surface area contributed by atoms with Gasteiger partial charge in [0.2, 0.25) is 5.91 Å². The largest absolute Gasteiger partial charge is 0.384 e. The molecular formula is C17H18N4O2. The number of aryl methyl sites for hydroxylation is 1. The van der Waals surface area contributed by atoms with E-state index in [0.29, 0.717) is 17.1 Å². The quantitative estimate of drug-likeness (QED) is 0.813. The lowest BCUT2D eigenvalue weighted by atomic mass is 10.0. The monoisotopic (exact) mass is 310 g/mol. The highest BCUT2D eigenvalue weighted by atomic mass is 16.2. The van der Waals surface area contributed by atoms with Crippen molar-refractivity contribution in [2.75, 3.05) is 22.5 Å². The zero-order chi connectivity index (χ0) is 16.4. The summed E-state index contributed by atoms with van der Waals surface area (Å²) in [6, 6.07) is 7.21. The maximum atomic E-state index is 12.6. The summed E-state index contributed by atoms with van der Waals surface area (Å²) in [5.74, 6) is -0.0133. The number of amides is 2. The van der Waals surface area contributed by atoms with Crippen LogP contribution >= 0.6 is 0 Å². The lowest BCUT2D eigenvalue weighted by molar-refractivity contribution is -0.114. The molecule has 0 bridgehead atoms. The standard InChI is InChI=1S/C17H18N4O2/c1-10-3-6-15(19-9-10)21-17(23)13-4-5-14-12(7-8-18-14)16(13)20-11(2)22/h3-6,9,18H,7-8H2,1-2H3,(H,20,22)(H,19,21,23). The lowest BCUT2D eigenvalue weighted by Gasteiger charge is -2.14. The minimum absolute atomic E-state index is 0.201. The Kier molecular flexibility index (Phi) is 3.97. The van der Waals surface area contributed by atoms with Gasteiger partial charge in [0.25, 0.3) is 5.91 Å². The molecule has 23 heavy (non-hydrogen) atoms. The van der Waals surface area contributed by atoms with Gasteiger partial charge in [0.1, 0.15) is 5.82 Å². The Morgan fingerprint density at radius 3 is 2.70 bits per heavy atom. The van der Waals surface area contributed by atoms with Gasteiger partial charge in [0.05, 0.1) is 11.3 Å². The van der Waals surface area contributed by atoms with Crippen molar-refractivity contribution in [3.8, 4) is 0 Å². The smallest absolute Gasteiger partial charge is 0.258 e. The number of rotatable bonds is 3. The van der Waals surface area contributed by atoms with Gasteiger partial charge in [0, 0.05) is 30.9 Å². The van der Waals surface area contributed by atoms with Crippen molar-refractivity contribution >= 4 is 29.0 Å². The van der Waals surface area contributed by atoms with Crippen LogP contribution in [0.2, 0.25) is 0 Å². The van der Waals surface area contributed by atoms with Gasteiger partial charge in [-0.1, -0.05) is 6.07 Å². The van der Waals surface area contributed by atoms with Crippen molar-refractivity contribution in [1.82, 2.24) is 4.98 Å². The van der Waals surface area contributed by atoms with Crippen LogP contribution in [0.25, 0.3) is 0 Å². The first-order valence-electron chi connectivity index (χ1n) is 7.46. The molecule has 3 N–H and O–H groups in total. The van der Waals surface area contributed by atoms with Gasteiger partial charge >= 0.3 is 0 Å². The summed E-state index contributed by atoms with van der Waals surface area (Å²) in [5.41, 5.74) is 3.95. The first-order valence-corrected chi connectivity index (χ1v) is 7.46. The average molecular weight is 310 g/mol. The van der Waals surface area contributed by atoms with Gasteiger partial charge in [-0.15, -0.1) is 0 Å². The van der Waals surface area contributed by atoms with Crippen LogP contribution in [0.15, 0.2) is 30.5 Å². The van der Waals surface area contributed by atoms with Crippen LogP contribution in [0, 0.1) is 6.92 Å². The number of nitrogens with one attached hydrogen (secondary N) is 3. The van der Waals surface area contributed by atoms with Crippen LogP contribution in [-0.2, 0) is 11.2 Å². The van der Waals surface area contributed by atoms with E-state index < -0.39 is 0 Å². The minimum Gasteiger partial charge on any atom is -0.384 e. The van der Waals surface area contributed by atoms with E-state index in [4.69, 9.17) is 0 Å². The Morgan fingerprint density at radius 2 is 2.00 bits per heavy atom. The molecule has 0 fully saturated rings. The van der Waals surface area contributed by atoms with Gasteiger partial charge in [-0.3, -0.25) is 9.59 Å². The fraction of sp³-hybridized carbons (Fsp3) is 0.235. The summed E-state index contributed by atoms with van der Waals surface area (Å²) in [6.45, 7) is 4.17. The van der Waals surface area contributed by atoms with E-state index in [0.717, 1.165) is 29.8 Å². The van der Waals surface area contributed by atoms with Crippen LogP contribution in [0.1, 0.15) is 28.4 Å². The summed E-state index contributed by atoms with van der Waals surface area (Å²) in [7, 11) is 0. The third-order valence-electron chi connectivity index (χ3n) is 3.70. The molecule has 1 aromatic carbocycles. The number of pyridine rings is 1. The fourth-order valence-electron chi connectivity index (χ4n) is 2.63. The van der Waals surface area contributed by atoms with Crippen LogP contribution in [0.5, 0.6) is 0 Å². The molecule has 1 aliphatic heterocycles. The van der Waals surface area contributed by atoms with Crippen molar-refractivity contribution in [3.05, 3.63) is 47.2 Å². The van der Waals surface area contributed by atoms with Crippen molar-refractivity contribution in [1.29, 1.82) is 0 Å². The number of hydrogen-bond acceptors (Lipinski definition) is 4. The third-order valence-corrected chi connectivity index (χ3v) is 3.70. The normalized spacial score (nSPS) is 12.3. The molecule has 0 atom stereocenters. The number of fused-ring (bicyclic) bond motifs is 1. The predicted octanol–water partition coefficient (Wildman–Crippen LogP) is 2.57. The Bertz CT molecular complexity index is 769. The first kappa shape index (κ1) is 15.0. The Labute approximate surface area is 134 Å². The molecule has 118 valence electrons. The van der Waals surface area contributed by atoms with Crippen molar-refractivity contribution in [2.24, 2.45) is 0 Å². The molecule has 0 unspecified atom stereocenters. The van der Waals surface area contributed by atoms with Crippen LogP contribution in [-0.4, -0.2) is 23.3 Å². The highest BCUT2D eigenvalue weighted by Crippen LogP contribution is 2.33. The minimum atomic E-state index is -0.292. The molecule has 0 radical (unpaired) electrons. The molecule has 0 saturated carbocycles. The van der Waals surface area contributed by atoms with Crippen molar-refractivity contribution < 1.29 is 9.59 Å². The molecule has 0 aliphatic carbocycles. The molecule has 6 heteroatoms. The number of nitrogens with zero attached hydrogens (tertiary/aromatic N) is 1. The van der Waals surface area contributed by atoms with E-state index in [1.165, 1.54) is 6.92 Å². The lowest BCUT2D eigenvalue weighted by Crippen LogP contribution is -2.18.